The number of nitrogens with two attached hydrogens (primary N) is 1. The molecule has 1 fully saturated rings. The van der Waals surface area contributed by atoms with E-state index in [1.807, 2.05) is 0 Å². The molecule has 102 valence electrons. The summed E-state index contributed by atoms with van der Waals surface area (Å²) in [5.74, 6) is 0.0991. The van der Waals surface area contributed by atoms with Crippen LogP contribution in [-0.4, -0.2) is 36.9 Å². The third kappa shape index (κ3) is 3.05. The predicted octanol–water partition coefficient (Wildman–Crippen LogP) is 1.03. The van der Waals surface area contributed by atoms with E-state index >= 15 is 0 Å². The minimum atomic E-state index is -0.327. The van der Waals surface area contributed by atoms with Gasteiger partial charge >= 0.3 is 0 Å². The number of rotatable bonds is 3. The van der Waals surface area contributed by atoms with E-state index < -0.39 is 0 Å². The number of methoxy groups -OCH3 is 1. The molecule has 0 radical (unpaired) electrons. The van der Waals surface area contributed by atoms with Crippen molar-refractivity contribution < 1.29 is 14.3 Å². The smallest absolute Gasteiger partial charge is 0.253 e. The second-order valence-electron chi connectivity index (χ2n) is 4.72. The van der Waals surface area contributed by atoms with Crippen LogP contribution in [0.15, 0.2) is 24.3 Å². The van der Waals surface area contributed by atoms with Gasteiger partial charge < -0.3 is 15.4 Å². The van der Waals surface area contributed by atoms with Crippen molar-refractivity contribution in [3.63, 3.8) is 0 Å². The number of hydrogen-bond donors (Lipinski definition) is 1. The number of amides is 2. The van der Waals surface area contributed by atoms with Crippen LogP contribution in [0.3, 0.4) is 0 Å². The normalized spacial score (nSPS) is 19.0. The molecule has 1 unspecified atom stereocenters. The molecule has 5 heteroatoms. The van der Waals surface area contributed by atoms with Crippen LogP contribution in [0.25, 0.3) is 0 Å². The van der Waals surface area contributed by atoms with Gasteiger partial charge in [-0.3, -0.25) is 9.59 Å². The average Bonchev–Trinajstić information content (AvgIpc) is 2.46. The molecular weight excluding hydrogens is 244 g/mol. The van der Waals surface area contributed by atoms with Crippen LogP contribution >= 0.6 is 0 Å². The van der Waals surface area contributed by atoms with E-state index in [0.717, 1.165) is 12.8 Å². The van der Waals surface area contributed by atoms with Crippen LogP contribution in [0, 0.1) is 5.92 Å². The molecule has 1 heterocycles. The Morgan fingerprint density at radius 2 is 2.00 bits per heavy atom. The maximum atomic E-state index is 12.3. The molecule has 1 aliphatic heterocycles. The van der Waals surface area contributed by atoms with Crippen LogP contribution in [-0.2, 0) is 4.79 Å². The zero-order valence-electron chi connectivity index (χ0n) is 11.0. The van der Waals surface area contributed by atoms with E-state index in [1.54, 1.807) is 36.3 Å². The fourth-order valence-electron chi connectivity index (χ4n) is 2.31. The third-order valence-electron chi connectivity index (χ3n) is 3.45. The summed E-state index contributed by atoms with van der Waals surface area (Å²) in [6, 6.07) is 6.97. The van der Waals surface area contributed by atoms with Crippen LogP contribution in [0.2, 0.25) is 0 Å². The quantitative estimate of drug-likeness (QED) is 0.884. The van der Waals surface area contributed by atoms with Crippen molar-refractivity contribution in [1.29, 1.82) is 0 Å². The number of carbonyl (C=O) groups excluding carboxylic acids is 2. The van der Waals surface area contributed by atoms with E-state index in [-0.39, 0.29) is 17.7 Å². The molecule has 2 N–H and O–H groups in total. The van der Waals surface area contributed by atoms with Crippen molar-refractivity contribution in [2.45, 2.75) is 12.8 Å². The van der Waals surface area contributed by atoms with Crippen molar-refractivity contribution in [3.8, 4) is 5.75 Å². The maximum Gasteiger partial charge on any atom is 0.253 e. The number of nitrogens with zero attached hydrogens (tertiary/aromatic N) is 1. The van der Waals surface area contributed by atoms with Gasteiger partial charge in [0.25, 0.3) is 5.91 Å². The van der Waals surface area contributed by atoms with Gasteiger partial charge in [-0.05, 0) is 37.1 Å². The Kier molecular flexibility index (Phi) is 4.04. The highest BCUT2D eigenvalue weighted by Gasteiger charge is 2.27. The van der Waals surface area contributed by atoms with E-state index in [0.29, 0.717) is 24.4 Å². The van der Waals surface area contributed by atoms with Crippen LogP contribution in [0.5, 0.6) is 5.75 Å². The molecule has 1 saturated heterocycles. The summed E-state index contributed by atoms with van der Waals surface area (Å²) in [6.45, 7) is 1.09. The van der Waals surface area contributed by atoms with Gasteiger partial charge in [0.1, 0.15) is 5.75 Å². The Morgan fingerprint density at radius 3 is 2.58 bits per heavy atom. The predicted molar refractivity (Wildman–Crippen MR) is 70.8 cm³/mol. The molecule has 1 aromatic carbocycles. The molecule has 1 aromatic rings. The molecule has 0 aliphatic carbocycles. The van der Waals surface area contributed by atoms with Gasteiger partial charge in [-0.1, -0.05) is 0 Å². The fraction of sp³-hybridized carbons (Fsp3) is 0.429. The van der Waals surface area contributed by atoms with Gasteiger partial charge in [-0.15, -0.1) is 0 Å². The first-order valence-electron chi connectivity index (χ1n) is 6.34. The molecule has 1 atom stereocenters. The van der Waals surface area contributed by atoms with Crippen molar-refractivity contribution >= 4 is 11.8 Å². The van der Waals surface area contributed by atoms with Gasteiger partial charge in [0.15, 0.2) is 0 Å². The molecule has 1 aliphatic rings. The van der Waals surface area contributed by atoms with Gasteiger partial charge in [-0.25, -0.2) is 0 Å². The van der Waals surface area contributed by atoms with Crippen molar-refractivity contribution in [3.05, 3.63) is 29.8 Å². The maximum absolute atomic E-state index is 12.3. The summed E-state index contributed by atoms with van der Waals surface area (Å²) in [6.07, 6.45) is 1.58. The molecule has 5 nitrogen and oxygen atoms in total. The average molecular weight is 262 g/mol. The number of benzene rings is 1. The second-order valence-corrected chi connectivity index (χ2v) is 4.72. The Balaban J connectivity index is 2.07. The number of hydrogen-bond acceptors (Lipinski definition) is 3. The molecule has 0 saturated carbocycles. The van der Waals surface area contributed by atoms with Crippen LogP contribution in [0.1, 0.15) is 23.2 Å². The standard InChI is InChI=1S/C14H18N2O3/c1-19-12-6-4-10(5-7-12)14(18)16-8-2-3-11(9-16)13(15)17/h4-7,11H,2-3,8-9H2,1H3,(H2,15,17). The van der Waals surface area contributed by atoms with E-state index in [4.69, 9.17) is 10.5 Å². The van der Waals surface area contributed by atoms with Crippen molar-refractivity contribution in [2.75, 3.05) is 20.2 Å². The monoisotopic (exact) mass is 262 g/mol. The lowest BCUT2D eigenvalue weighted by atomic mass is 9.97. The first-order chi connectivity index (χ1) is 9.11. The van der Waals surface area contributed by atoms with Gasteiger partial charge in [-0.2, -0.15) is 0 Å². The summed E-state index contributed by atoms with van der Waals surface area (Å²) >= 11 is 0. The molecule has 0 spiro atoms. The Morgan fingerprint density at radius 1 is 1.32 bits per heavy atom. The molecular formula is C14H18N2O3. The Labute approximate surface area is 112 Å². The molecule has 2 amide bonds. The van der Waals surface area contributed by atoms with Crippen molar-refractivity contribution in [1.82, 2.24) is 4.90 Å². The molecule has 2 rings (SSSR count). The van der Waals surface area contributed by atoms with E-state index in [1.165, 1.54) is 0 Å². The minimum Gasteiger partial charge on any atom is -0.497 e. The lowest BCUT2D eigenvalue weighted by molar-refractivity contribution is -0.123. The molecule has 19 heavy (non-hydrogen) atoms. The first kappa shape index (κ1) is 13.4. The summed E-state index contributed by atoms with van der Waals surface area (Å²) in [5.41, 5.74) is 5.92. The lowest BCUT2D eigenvalue weighted by Crippen LogP contribution is -2.44. The number of carbonyl (C=O) groups is 2. The highest BCUT2D eigenvalue weighted by molar-refractivity contribution is 5.94. The Hall–Kier alpha value is -2.04. The van der Waals surface area contributed by atoms with E-state index in [9.17, 15) is 9.59 Å². The number of primary amides is 1. The topological polar surface area (TPSA) is 72.6 Å². The van der Waals surface area contributed by atoms with Crippen LogP contribution < -0.4 is 10.5 Å². The summed E-state index contributed by atoms with van der Waals surface area (Å²) in [5, 5.41) is 0. The highest BCUT2D eigenvalue weighted by Crippen LogP contribution is 2.19. The summed E-state index contributed by atoms with van der Waals surface area (Å²) in [7, 11) is 1.58. The summed E-state index contributed by atoms with van der Waals surface area (Å²) < 4.78 is 5.06. The van der Waals surface area contributed by atoms with Gasteiger partial charge in [0.05, 0.1) is 13.0 Å². The first-order valence-corrected chi connectivity index (χ1v) is 6.34. The SMILES string of the molecule is COc1ccc(C(=O)N2CCCC(C(N)=O)C2)cc1. The lowest BCUT2D eigenvalue weighted by Gasteiger charge is -2.31. The van der Waals surface area contributed by atoms with Crippen molar-refractivity contribution in [2.24, 2.45) is 11.7 Å². The molecule has 0 aromatic heterocycles. The zero-order chi connectivity index (χ0) is 13.8. The number of ether oxygens (including phenoxy) is 1. The third-order valence-corrected chi connectivity index (χ3v) is 3.45. The summed E-state index contributed by atoms with van der Waals surface area (Å²) in [4.78, 5) is 25.2. The number of piperidine rings is 1. The largest absolute Gasteiger partial charge is 0.497 e. The van der Waals surface area contributed by atoms with Gasteiger partial charge in [0, 0.05) is 18.7 Å². The second kappa shape index (κ2) is 5.73. The van der Waals surface area contributed by atoms with E-state index in [2.05, 4.69) is 0 Å². The van der Waals surface area contributed by atoms with Crippen LogP contribution in [0.4, 0.5) is 0 Å². The number of likely N-dealkylation sites (tertiary alicyclic amines) is 1. The fourth-order valence-corrected chi connectivity index (χ4v) is 2.31. The van der Waals surface area contributed by atoms with Gasteiger partial charge in [0.2, 0.25) is 5.91 Å². The minimum absolute atomic E-state index is 0.0615. The highest BCUT2D eigenvalue weighted by atomic mass is 16.5. The zero-order valence-corrected chi connectivity index (χ0v) is 11.0. The Bertz CT molecular complexity index is 470. The molecule has 0 bridgehead atoms.